The molecule has 27 heavy (non-hydrogen) atoms. The molecule has 2 heterocycles. The molecule has 1 aliphatic carbocycles. The van der Waals surface area contributed by atoms with Crippen molar-refractivity contribution in [1.29, 1.82) is 0 Å². The van der Waals surface area contributed by atoms with Gasteiger partial charge in [-0.25, -0.2) is 0 Å². The SMILES string of the molecule is CC(C)(C)P(CC1C=CC=C1C(P)(C1CCNC1)C1CCNC1)C(C)(C)C. The molecule has 3 aliphatic rings. The summed E-state index contributed by atoms with van der Waals surface area (Å²) in [5.41, 5.74) is 1.72. The van der Waals surface area contributed by atoms with Gasteiger partial charge in [0.15, 0.2) is 0 Å². The Labute approximate surface area is 171 Å². The quantitative estimate of drug-likeness (QED) is 0.625. The Bertz CT molecular complexity index is 540. The van der Waals surface area contributed by atoms with Crippen LogP contribution in [0, 0.1) is 17.8 Å². The summed E-state index contributed by atoms with van der Waals surface area (Å²) in [5.74, 6) is 2.11. The summed E-state index contributed by atoms with van der Waals surface area (Å²) in [4.78, 5) is 0. The second kappa shape index (κ2) is 8.18. The van der Waals surface area contributed by atoms with Gasteiger partial charge in [0.1, 0.15) is 0 Å². The molecule has 0 radical (unpaired) electrons. The fourth-order valence-electron chi connectivity index (χ4n) is 5.83. The van der Waals surface area contributed by atoms with E-state index in [0.717, 1.165) is 11.8 Å². The highest BCUT2D eigenvalue weighted by Gasteiger charge is 2.49. The van der Waals surface area contributed by atoms with Crippen molar-refractivity contribution in [2.45, 2.75) is 69.9 Å². The molecule has 4 atom stereocenters. The highest BCUT2D eigenvalue weighted by Crippen LogP contribution is 2.62. The highest BCUT2D eigenvalue weighted by atomic mass is 31.1. The van der Waals surface area contributed by atoms with Crippen molar-refractivity contribution in [3.05, 3.63) is 23.8 Å². The van der Waals surface area contributed by atoms with Crippen LogP contribution >= 0.6 is 17.2 Å². The van der Waals surface area contributed by atoms with E-state index in [1.165, 1.54) is 45.2 Å². The van der Waals surface area contributed by atoms with Crippen molar-refractivity contribution in [2.75, 3.05) is 32.3 Å². The summed E-state index contributed by atoms with van der Waals surface area (Å²) in [7, 11) is 3.33. The second-order valence-electron chi connectivity index (χ2n) is 10.9. The number of rotatable bonds is 5. The van der Waals surface area contributed by atoms with E-state index >= 15 is 0 Å². The maximum absolute atomic E-state index is 3.65. The average molecular weight is 409 g/mol. The molecule has 3 rings (SSSR count). The molecule has 2 N–H and O–H groups in total. The molecule has 0 spiro atoms. The van der Waals surface area contributed by atoms with Crippen LogP contribution in [0.15, 0.2) is 23.8 Å². The van der Waals surface area contributed by atoms with E-state index in [2.05, 4.69) is 79.6 Å². The zero-order valence-electron chi connectivity index (χ0n) is 18.4. The maximum Gasteiger partial charge on any atom is 0.0147 e. The van der Waals surface area contributed by atoms with Crippen LogP contribution in [0.3, 0.4) is 0 Å². The van der Waals surface area contributed by atoms with E-state index in [1.807, 2.05) is 0 Å². The van der Waals surface area contributed by atoms with Gasteiger partial charge in [0.05, 0.1) is 0 Å². The Morgan fingerprint density at radius 3 is 1.89 bits per heavy atom. The molecule has 0 aromatic carbocycles. The van der Waals surface area contributed by atoms with Gasteiger partial charge in [0.25, 0.3) is 0 Å². The average Bonchev–Trinajstić information content (AvgIpc) is 3.32. The summed E-state index contributed by atoms with van der Waals surface area (Å²) in [6, 6.07) is 0. The molecule has 0 aromatic heterocycles. The minimum Gasteiger partial charge on any atom is -0.316 e. The Balaban J connectivity index is 1.89. The lowest BCUT2D eigenvalue weighted by Crippen LogP contribution is -2.45. The molecular weight excluding hydrogens is 366 g/mol. The van der Waals surface area contributed by atoms with E-state index in [9.17, 15) is 0 Å². The van der Waals surface area contributed by atoms with Gasteiger partial charge in [-0.05, 0) is 67.3 Å². The lowest BCUT2D eigenvalue weighted by Gasteiger charge is -2.47. The number of allylic oxidation sites excluding steroid dienone is 4. The zero-order valence-corrected chi connectivity index (χ0v) is 20.5. The molecule has 154 valence electrons. The maximum atomic E-state index is 3.65. The van der Waals surface area contributed by atoms with Crippen LogP contribution in [0.5, 0.6) is 0 Å². The summed E-state index contributed by atoms with van der Waals surface area (Å²) in [6.45, 7) is 19.5. The van der Waals surface area contributed by atoms with E-state index in [0.29, 0.717) is 16.2 Å². The van der Waals surface area contributed by atoms with Crippen LogP contribution < -0.4 is 10.6 Å². The highest BCUT2D eigenvalue weighted by molar-refractivity contribution is 7.60. The normalized spacial score (nSPS) is 31.6. The minimum atomic E-state index is -0.0845. The number of hydrogen-bond acceptors (Lipinski definition) is 2. The van der Waals surface area contributed by atoms with Crippen molar-refractivity contribution >= 4 is 17.2 Å². The standard InChI is InChI=1S/C23H42N2P2/c1-21(2,3)27(22(4,5)6)16-17-8-7-9-20(17)23(26,18-10-12-24-14-18)19-11-13-25-15-19/h7-9,17-19,24-25H,10-16,26H2,1-6H3. The summed E-state index contributed by atoms with van der Waals surface area (Å²) in [5, 5.41) is 8.33. The molecular formula is C23H42N2P2. The molecule has 4 unspecified atom stereocenters. The summed E-state index contributed by atoms with van der Waals surface area (Å²) < 4.78 is 0. The number of nitrogens with one attached hydrogen (secondary N) is 2. The molecule has 4 heteroatoms. The Morgan fingerprint density at radius 2 is 1.48 bits per heavy atom. The third-order valence-corrected chi connectivity index (χ3v) is 12.3. The first kappa shape index (κ1) is 22.0. The van der Waals surface area contributed by atoms with Crippen LogP contribution in [-0.2, 0) is 0 Å². The molecule has 0 bridgehead atoms. The Kier molecular flexibility index (Phi) is 6.65. The predicted molar refractivity (Wildman–Crippen MR) is 126 cm³/mol. The lowest BCUT2D eigenvalue weighted by molar-refractivity contribution is 0.324. The van der Waals surface area contributed by atoms with Crippen molar-refractivity contribution in [1.82, 2.24) is 10.6 Å². The minimum absolute atomic E-state index is 0.0845. The molecule has 2 fully saturated rings. The van der Waals surface area contributed by atoms with Gasteiger partial charge in [-0.1, -0.05) is 73.3 Å². The van der Waals surface area contributed by atoms with Crippen molar-refractivity contribution < 1.29 is 0 Å². The molecule has 0 saturated carbocycles. The van der Waals surface area contributed by atoms with Gasteiger partial charge < -0.3 is 10.6 Å². The topological polar surface area (TPSA) is 24.1 Å². The zero-order chi connectivity index (χ0) is 19.9. The Hall–Kier alpha value is 0.260. The van der Waals surface area contributed by atoms with Gasteiger partial charge in [-0.3, -0.25) is 0 Å². The first-order valence-electron chi connectivity index (χ1n) is 10.9. The van der Waals surface area contributed by atoms with E-state index in [1.54, 1.807) is 5.57 Å². The third kappa shape index (κ3) is 4.55. The Morgan fingerprint density at radius 1 is 0.963 bits per heavy atom. The van der Waals surface area contributed by atoms with Crippen molar-refractivity contribution in [3.63, 3.8) is 0 Å². The van der Waals surface area contributed by atoms with E-state index in [4.69, 9.17) is 0 Å². The third-order valence-electron chi connectivity index (χ3n) is 6.99. The van der Waals surface area contributed by atoms with Crippen LogP contribution in [0.25, 0.3) is 0 Å². The van der Waals surface area contributed by atoms with Crippen molar-refractivity contribution in [2.24, 2.45) is 17.8 Å². The van der Waals surface area contributed by atoms with Crippen LogP contribution in [-0.4, -0.2) is 47.8 Å². The van der Waals surface area contributed by atoms with Gasteiger partial charge in [-0.15, -0.1) is 9.24 Å². The molecule has 0 aromatic rings. The van der Waals surface area contributed by atoms with E-state index in [-0.39, 0.29) is 13.1 Å². The van der Waals surface area contributed by atoms with Crippen molar-refractivity contribution in [3.8, 4) is 0 Å². The summed E-state index contributed by atoms with van der Waals surface area (Å²) in [6.07, 6.45) is 11.3. The molecule has 0 amide bonds. The fourth-order valence-corrected chi connectivity index (χ4v) is 10.5. The van der Waals surface area contributed by atoms with Gasteiger partial charge in [-0.2, -0.15) is 0 Å². The van der Waals surface area contributed by atoms with Gasteiger partial charge in [0, 0.05) is 11.1 Å². The van der Waals surface area contributed by atoms with Crippen LogP contribution in [0.4, 0.5) is 0 Å². The van der Waals surface area contributed by atoms with E-state index < -0.39 is 0 Å². The lowest BCUT2D eigenvalue weighted by atomic mass is 9.71. The first-order chi connectivity index (χ1) is 12.5. The molecule has 2 aliphatic heterocycles. The smallest absolute Gasteiger partial charge is 0.0147 e. The predicted octanol–water partition coefficient (Wildman–Crippen LogP) is 5.01. The first-order valence-corrected chi connectivity index (χ1v) is 13.0. The number of hydrogen-bond donors (Lipinski definition) is 2. The molecule has 2 saturated heterocycles. The van der Waals surface area contributed by atoms with Crippen LogP contribution in [0.1, 0.15) is 54.4 Å². The van der Waals surface area contributed by atoms with Crippen LogP contribution in [0.2, 0.25) is 0 Å². The van der Waals surface area contributed by atoms with Gasteiger partial charge >= 0.3 is 0 Å². The molecule has 2 nitrogen and oxygen atoms in total. The largest absolute Gasteiger partial charge is 0.316 e. The monoisotopic (exact) mass is 408 g/mol. The summed E-state index contributed by atoms with van der Waals surface area (Å²) >= 11 is 0. The van der Waals surface area contributed by atoms with Gasteiger partial charge in [0.2, 0.25) is 0 Å². The second-order valence-corrected chi connectivity index (χ2v) is 15.7. The fraction of sp³-hybridized carbons (Fsp3) is 0.826.